The highest BCUT2D eigenvalue weighted by molar-refractivity contribution is 6.31. The minimum atomic E-state index is -1.01. The minimum absolute atomic E-state index is 0.0843. The first kappa shape index (κ1) is 16.5. The summed E-state index contributed by atoms with van der Waals surface area (Å²) in [5.41, 5.74) is 1.71. The monoisotopic (exact) mass is 297 g/mol. The molecule has 0 bridgehead atoms. The van der Waals surface area contributed by atoms with Gasteiger partial charge in [-0.3, -0.25) is 4.79 Å². The lowest BCUT2D eigenvalue weighted by Crippen LogP contribution is -2.42. The molecule has 0 aliphatic carbocycles. The first-order valence-electron chi connectivity index (χ1n) is 6.56. The zero-order valence-corrected chi connectivity index (χ0v) is 12.7. The van der Waals surface area contributed by atoms with Crippen molar-refractivity contribution < 1.29 is 14.7 Å². The molecule has 2 N–H and O–H groups in total. The standard InChI is InChI=1S/C15H20ClNO3/c1-9(2)6-13(15(19)20)17-14(18)8-11-5-4-10(3)7-12(11)16/h4-5,7,9,13H,6,8H2,1-3H3,(H,17,18)(H,19,20)/t13-/m0/s1. The van der Waals surface area contributed by atoms with Crippen LogP contribution in [0, 0.1) is 12.8 Å². The molecule has 0 radical (unpaired) electrons. The van der Waals surface area contributed by atoms with Gasteiger partial charge in [-0.25, -0.2) is 4.79 Å². The fourth-order valence-corrected chi connectivity index (χ4v) is 2.21. The Balaban J connectivity index is 2.68. The summed E-state index contributed by atoms with van der Waals surface area (Å²) in [6, 6.07) is 4.59. The van der Waals surface area contributed by atoms with Crippen molar-refractivity contribution >= 4 is 23.5 Å². The maximum atomic E-state index is 11.9. The number of hydrogen-bond donors (Lipinski definition) is 2. The van der Waals surface area contributed by atoms with Gasteiger partial charge < -0.3 is 10.4 Å². The number of halogens is 1. The second-order valence-corrected chi connectivity index (χ2v) is 5.77. The van der Waals surface area contributed by atoms with Crippen LogP contribution in [0.15, 0.2) is 18.2 Å². The Morgan fingerprint density at radius 2 is 2.00 bits per heavy atom. The molecule has 0 spiro atoms. The van der Waals surface area contributed by atoms with E-state index in [4.69, 9.17) is 16.7 Å². The minimum Gasteiger partial charge on any atom is -0.480 e. The van der Waals surface area contributed by atoms with E-state index in [9.17, 15) is 9.59 Å². The number of amides is 1. The van der Waals surface area contributed by atoms with Gasteiger partial charge in [0.15, 0.2) is 0 Å². The Kier molecular flexibility index (Phi) is 6.02. The van der Waals surface area contributed by atoms with E-state index in [1.807, 2.05) is 26.8 Å². The molecule has 1 rings (SSSR count). The predicted octanol–water partition coefficient (Wildman–Crippen LogP) is 2.81. The summed E-state index contributed by atoms with van der Waals surface area (Å²) in [5, 5.41) is 12.2. The van der Waals surface area contributed by atoms with Gasteiger partial charge in [0.1, 0.15) is 6.04 Å². The molecule has 0 aliphatic heterocycles. The number of aliphatic carboxylic acids is 1. The number of carbonyl (C=O) groups excluding carboxylic acids is 1. The molecule has 0 aliphatic rings. The molecule has 0 saturated heterocycles. The van der Waals surface area contributed by atoms with Crippen LogP contribution in [0.25, 0.3) is 0 Å². The molecule has 1 aromatic rings. The van der Waals surface area contributed by atoms with E-state index in [0.717, 1.165) is 5.56 Å². The van der Waals surface area contributed by atoms with Crippen molar-refractivity contribution in [2.45, 2.75) is 39.7 Å². The first-order chi connectivity index (χ1) is 9.29. The lowest BCUT2D eigenvalue weighted by molar-refractivity contribution is -0.142. The summed E-state index contributed by atoms with van der Waals surface area (Å²) in [6.45, 7) is 5.75. The van der Waals surface area contributed by atoms with Crippen LogP contribution in [0.4, 0.5) is 0 Å². The van der Waals surface area contributed by atoms with Gasteiger partial charge in [-0.15, -0.1) is 0 Å². The van der Waals surface area contributed by atoms with Gasteiger partial charge in [-0.2, -0.15) is 0 Å². The van der Waals surface area contributed by atoms with Crippen LogP contribution in [0.1, 0.15) is 31.4 Å². The van der Waals surface area contributed by atoms with E-state index in [1.54, 1.807) is 12.1 Å². The molecule has 0 heterocycles. The molecule has 4 nitrogen and oxygen atoms in total. The second-order valence-electron chi connectivity index (χ2n) is 5.36. The third-order valence-corrected chi connectivity index (χ3v) is 3.25. The van der Waals surface area contributed by atoms with Gasteiger partial charge in [0.2, 0.25) is 5.91 Å². The number of rotatable bonds is 6. The summed E-state index contributed by atoms with van der Waals surface area (Å²) in [6.07, 6.45) is 0.490. The summed E-state index contributed by atoms with van der Waals surface area (Å²) >= 11 is 6.06. The van der Waals surface area contributed by atoms with Crippen LogP contribution in [-0.2, 0) is 16.0 Å². The van der Waals surface area contributed by atoms with Crippen molar-refractivity contribution in [3.05, 3.63) is 34.3 Å². The van der Waals surface area contributed by atoms with Gasteiger partial charge in [0.25, 0.3) is 0 Å². The predicted molar refractivity (Wildman–Crippen MR) is 78.9 cm³/mol. The van der Waals surface area contributed by atoms with E-state index >= 15 is 0 Å². The summed E-state index contributed by atoms with van der Waals surface area (Å²) in [4.78, 5) is 23.0. The zero-order chi connectivity index (χ0) is 15.3. The number of carbonyl (C=O) groups is 2. The van der Waals surface area contributed by atoms with E-state index in [0.29, 0.717) is 17.0 Å². The Hall–Kier alpha value is -1.55. The topological polar surface area (TPSA) is 66.4 Å². The van der Waals surface area contributed by atoms with E-state index < -0.39 is 12.0 Å². The molecule has 0 fully saturated rings. The number of benzene rings is 1. The summed E-state index contributed by atoms with van der Waals surface area (Å²) < 4.78 is 0. The molecule has 0 aromatic heterocycles. The quantitative estimate of drug-likeness (QED) is 0.848. The van der Waals surface area contributed by atoms with Crippen molar-refractivity contribution in [3.63, 3.8) is 0 Å². The molecular formula is C15H20ClNO3. The smallest absolute Gasteiger partial charge is 0.326 e. The molecule has 110 valence electrons. The highest BCUT2D eigenvalue weighted by atomic mass is 35.5. The SMILES string of the molecule is Cc1ccc(CC(=O)N[C@@H](CC(C)C)C(=O)O)c(Cl)c1. The van der Waals surface area contributed by atoms with E-state index in [-0.39, 0.29) is 18.2 Å². The average molecular weight is 298 g/mol. The van der Waals surface area contributed by atoms with Crippen molar-refractivity contribution in [1.82, 2.24) is 5.32 Å². The fraction of sp³-hybridized carbons (Fsp3) is 0.467. The molecule has 5 heteroatoms. The van der Waals surface area contributed by atoms with Crippen LogP contribution >= 0.6 is 11.6 Å². The van der Waals surface area contributed by atoms with Crippen LogP contribution in [0.2, 0.25) is 5.02 Å². The van der Waals surface area contributed by atoms with Crippen molar-refractivity contribution in [3.8, 4) is 0 Å². The zero-order valence-electron chi connectivity index (χ0n) is 11.9. The average Bonchev–Trinajstić information content (AvgIpc) is 2.31. The molecule has 20 heavy (non-hydrogen) atoms. The molecule has 1 atom stereocenters. The van der Waals surface area contributed by atoms with Crippen molar-refractivity contribution in [2.75, 3.05) is 0 Å². The third kappa shape index (κ3) is 5.21. The van der Waals surface area contributed by atoms with Gasteiger partial charge in [-0.05, 0) is 36.5 Å². The number of nitrogens with one attached hydrogen (secondary N) is 1. The second kappa shape index (κ2) is 7.29. The number of carboxylic acid groups (broad SMARTS) is 1. The number of carboxylic acids is 1. The fourth-order valence-electron chi connectivity index (χ4n) is 1.91. The maximum absolute atomic E-state index is 11.9. The van der Waals surface area contributed by atoms with E-state index in [1.165, 1.54) is 0 Å². The van der Waals surface area contributed by atoms with Gasteiger partial charge in [-0.1, -0.05) is 37.6 Å². The largest absolute Gasteiger partial charge is 0.480 e. The van der Waals surface area contributed by atoms with Crippen LogP contribution < -0.4 is 5.32 Å². The molecule has 0 saturated carbocycles. The maximum Gasteiger partial charge on any atom is 0.326 e. The summed E-state index contributed by atoms with van der Waals surface area (Å²) in [7, 11) is 0. The normalized spacial score (nSPS) is 12.2. The Bertz CT molecular complexity index is 500. The van der Waals surface area contributed by atoms with Crippen molar-refractivity contribution in [2.24, 2.45) is 5.92 Å². The first-order valence-corrected chi connectivity index (χ1v) is 6.94. The molecule has 1 amide bonds. The number of aryl methyl sites for hydroxylation is 1. The van der Waals surface area contributed by atoms with Gasteiger partial charge in [0, 0.05) is 5.02 Å². The van der Waals surface area contributed by atoms with Crippen molar-refractivity contribution in [1.29, 1.82) is 0 Å². The van der Waals surface area contributed by atoms with Crippen LogP contribution in [0.3, 0.4) is 0 Å². The highest BCUT2D eigenvalue weighted by Gasteiger charge is 2.21. The molecule has 0 unspecified atom stereocenters. The molecular weight excluding hydrogens is 278 g/mol. The Labute approximate surface area is 124 Å². The Morgan fingerprint density at radius 1 is 1.35 bits per heavy atom. The lowest BCUT2D eigenvalue weighted by atomic mass is 10.0. The third-order valence-electron chi connectivity index (χ3n) is 2.90. The summed E-state index contributed by atoms with van der Waals surface area (Å²) in [5.74, 6) is -1.15. The number of hydrogen-bond acceptors (Lipinski definition) is 2. The van der Waals surface area contributed by atoms with Gasteiger partial charge in [0.05, 0.1) is 6.42 Å². The highest BCUT2D eigenvalue weighted by Crippen LogP contribution is 2.18. The lowest BCUT2D eigenvalue weighted by Gasteiger charge is -2.16. The Morgan fingerprint density at radius 3 is 2.50 bits per heavy atom. The van der Waals surface area contributed by atoms with E-state index in [2.05, 4.69) is 5.32 Å². The van der Waals surface area contributed by atoms with Crippen LogP contribution in [0.5, 0.6) is 0 Å². The van der Waals surface area contributed by atoms with Gasteiger partial charge >= 0.3 is 5.97 Å². The van der Waals surface area contributed by atoms with Crippen LogP contribution in [-0.4, -0.2) is 23.0 Å². The molecule has 1 aromatic carbocycles.